The summed E-state index contributed by atoms with van der Waals surface area (Å²) in [4.78, 5) is 32.2. The van der Waals surface area contributed by atoms with E-state index in [4.69, 9.17) is 10.8 Å². The topological polar surface area (TPSA) is 112 Å². The molecular formula is C9H10N2O5. The molecule has 0 aliphatic heterocycles. The van der Waals surface area contributed by atoms with E-state index in [9.17, 15) is 14.4 Å². The Hall–Kier alpha value is -2.31. The van der Waals surface area contributed by atoms with Gasteiger partial charge in [-0.05, 0) is 6.07 Å². The third-order valence-electron chi connectivity index (χ3n) is 1.81. The number of aromatic carboxylic acids is 1. The molecule has 1 aromatic rings. The van der Waals surface area contributed by atoms with Gasteiger partial charge in [-0.3, -0.25) is 4.79 Å². The quantitative estimate of drug-likeness (QED) is 0.728. The Morgan fingerprint density at radius 2 is 2.12 bits per heavy atom. The van der Waals surface area contributed by atoms with Gasteiger partial charge in [-0.1, -0.05) is 0 Å². The molecule has 7 heteroatoms. The van der Waals surface area contributed by atoms with E-state index in [1.807, 2.05) is 0 Å². The van der Waals surface area contributed by atoms with Gasteiger partial charge in [-0.15, -0.1) is 0 Å². The maximum Gasteiger partial charge on any atom is 0.404 e. The van der Waals surface area contributed by atoms with Crippen molar-refractivity contribution in [1.29, 1.82) is 0 Å². The molecule has 1 heterocycles. The van der Waals surface area contributed by atoms with Crippen molar-refractivity contribution in [2.24, 2.45) is 5.73 Å². The molecule has 86 valence electrons. The lowest BCUT2D eigenvalue weighted by Gasteiger charge is -2.06. The van der Waals surface area contributed by atoms with Gasteiger partial charge in [0, 0.05) is 12.3 Å². The summed E-state index contributed by atoms with van der Waals surface area (Å²) in [6.45, 7) is -0.0266. The SMILES string of the molecule is NC(=O)OCCn1cc(C(=O)O)ccc1=O. The van der Waals surface area contributed by atoms with Crippen LogP contribution in [0.2, 0.25) is 0 Å². The Balaban J connectivity index is 2.78. The molecule has 0 unspecified atom stereocenters. The third kappa shape index (κ3) is 3.12. The number of primary amides is 1. The van der Waals surface area contributed by atoms with Gasteiger partial charge in [0.2, 0.25) is 0 Å². The van der Waals surface area contributed by atoms with Crippen molar-refractivity contribution in [3.63, 3.8) is 0 Å². The van der Waals surface area contributed by atoms with Crippen LogP contribution >= 0.6 is 0 Å². The summed E-state index contributed by atoms with van der Waals surface area (Å²) in [5.74, 6) is -1.13. The zero-order valence-electron chi connectivity index (χ0n) is 8.25. The molecule has 0 spiro atoms. The van der Waals surface area contributed by atoms with E-state index in [0.717, 1.165) is 10.6 Å². The number of aromatic nitrogens is 1. The molecule has 0 bridgehead atoms. The Kier molecular flexibility index (Phi) is 3.65. The number of hydrogen-bond acceptors (Lipinski definition) is 4. The molecule has 3 N–H and O–H groups in total. The maximum absolute atomic E-state index is 11.3. The fourth-order valence-electron chi connectivity index (χ4n) is 1.08. The van der Waals surface area contributed by atoms with Gasteiger partial charge in [0.15, 0.2) is 0 Å². The summed E-state index contributed by atoms with van der Waals surface area (Å²) in [7, 11) is 0. The molecule has 16 heavy (non-hydrogen) atoms. The smallest absolute Gasteiger partial charge is 0.404 e. The van der Waals surface area contributed by atoms with Crippen molar-refractivity contribution in [3.05, 3.63) is 34.2 Å². The number of amides is 1. The van der Waals surface area contributed by atoms with Crippen LogP contribution in [0.25, 0.3) is 0 Å². The van der Waals surface area contributed by atoms with Crippen LogP contribution in [0.5, 0.6) is 0 Å². The molecule has 0 fully saturated rings. The van der Waals surface area contributed by atoms with Crippen LogP contribution in [0.1, 0.15) is 10.4 Å². The van der Waals surface area contributed by atoms with E-state index in [2.05, 4.69) is 4.74 Å². The normalized spacial score (nSPS) is 9.75. The molecule has 1 rings (SSSR count). The highest BCUT2D eigenvalue weighted by Gasteiger charge is 2.05. The van der Waals surface area contributed by atoms with E-state index in [0.29, 0.717) is 0 Å². The second-order valence-corrected chi connectivity index (χ2v) is 2.92. The fourth-order valence-corrected chi connectivity index (χ4v) is 1.08. The van der Waals surface area contributed by atoms with Crippen molar-refractivity contribution in [2.45, 2.75) is 6.54 Å². The number of nitrogens with two attached hydrogens (primary N) is 1. The van der Waals surface area contributed by atoms with Crippen LogP contribution in [0.15, 0.2) is 23.1 Å². The number of carboxylic acid groups (broad SMARTS) is 1. The lowest BCUT2D eigenvalue weighted by molar-refractivity contribution is 0.0695. The molecule has 0 aliphatic carbocycles. The van der Waals surface area contributed by atoms with Crippen LogP contribution in [0.4, 0.5) is 4.79 Å². The lowest BCUT2D eigenvalue weighted by atomic mass is 10.3. The summed E-state index contributed by atoms with van der Waals surface area (Å²) in [5.41, 5.74) is 4.34. The molecule has 0 saturated heterocycles. The lowest BCUT2D eigenvalue weighted by Crippen LogP contribution is -2.24. The summed E-state index contributed by atoms with van der Waals surface area (Å²) in [5, 5.41) is 8.69. The van der Waals surface area contributed by atoms with Gasteiger partial charge in [-0.2, -0.15) is 0 Å². The Labute approximate surface area is 90.1 Å². The van der Waals surface area contributed by atoms with E-state index in [1.165, 1.54) is 12.3 Å². The average molecular weight is 226 g/mol. The van der Waals surface area contributed by atoms with Gasteiger partial charge in [0.1, 0.15) is 6.61 Å². The molecule has 1 aromatic heterocycles. The van der Waals surface area contributed by atoms with E-state index >= 15 is 0 Å². The minimum atomic E-state index is -1.13. The summed E-state index contributed by atoms with van der Waals surface area (Å²) in [6.07, 6.45) is 0.233. The highest BCUT2D eigenvalue weighted by atomic mass is 16.5. The number of ether oxygens (including phenoxy) is 1. The van der Waals surface area contributed by atoms with Crippen LogP contribution in [0, 0.1) is 0 Å². The summed E-state index contributed by atoms with van der Waals surface area (Å²) < 4.78 is 5.56. The van der Waals surface area contributed by atoms with Crippen LogP contribution < -0.4 is 11.3 Å². The van der Waals surface area contributed by atoms with Crippen molar-refractivity contribution in [3.8, 4) is 0 Å². The molecule has 0 radical (unpaired) electrons. The largest absolute Gasteiger partial charge is 0.478 e. The Bertz CT molecular complexity index is 465. The van der Waals surface area contributed by atoms with E-state index in [-0.39, 0.29) is 24.3 Å². The van der Waals surface area contributed by atoms with Gasteiger partial charge >= 0.3 is 12.1 Å². The number of carbonyl (C=O) groups excluding carboxylic acids is 1. The number of nitrogens with zero attached hydrogens (tertiary/aromatic N) is 1. The second kappa shape index (κ2) is 4.96. The zero-order chi connectivity index (χ0) is 12.1. The number of carboxylic acids is 1. The standard InChI is InChI=1S/C9H10N2O5/c10-9(15)16-4-3-11-5-6(8(13)14)1-2-7(11)12/h1-2,5H,3-4H2,(H2,10,15)(H,13,14). The third-order valence-corrected chi connectivity index (χ3v) is 1.81. The molecule has 0 aliphatic rings. The monoisotopic (exact) mass is 226 g/mol. The highest BCUT2D eigenvalue weighted by Crippen LogP contribution is 1.95. The first-order valence-corrected chi connectivity index (χ1v) is 4.36. The predicted octanol–water partition coefficient (Wildman–Crippen LogP) is -0.358. The van der Waals surface area contributed by atoms with Gasteiger partial charge in [0.25, 0.3) is 5.56 Å². The molecule has 0 aromatic carbocycles. The zero-order valence-corrected chi connectivity index (χ0v) is 8.25. The van der Waals surface area contributed by atoms with Gasteiger partial charge < -0.3 is 20.1 Å². The molecular weight excluding hydrogens is 216 g/mol. The van der Waals surface area contributed by atoms with Crippen molar-refractivity contribution >= 4 is 12.1 Å². The fraction of sp³-hybridized carbons (Fsp3) is 0.222. The number of carbonyl (C=O) groups is 2. The van der Waals surface area contributed by atoms with Crippen LogP contribution in [-0.4, -0.2) is 28.3 Å². The number of pyridine rings is 1. The van der Waals surface area contributed by atoms with Crippen LogP contribution in [0.3, 0.4) is 0 Å². The number of rotatable bonds is 4. The Morgan fingerprint density at radius 1 is 1.44 bits per heavy atom. The predicted molar refractivity (Wildman–Crippen MR) is 53.2 cm³/mol. The molecule has 0 atom stereocenters. The second-order valence-electron chi connectivity index (χ2n) is 2.92. The van der Waals surface area contributed by atoms with E-state index in [1.54, 1.807) is 0 Å². The molecule has 1 amide bonds. The first-order chi connectivity index (χ1) is 7.50. The minimum absolute atomic E-state index is 0.0151. The minimum Gasteiger partial charge on any atom is -0.478 e. The Morgan fingerprint density at radius 3 is 2.69 bits per heavy atom. The van der Waals surface area contributed by atoms with Crippen molar-refractivity contribution in [1.82, 2.24) is 4.57 Å². The first kappa shape index (κ1) is 11.8. The number of hydrogen-bond donors (Lipinski definition) is 2. The highest BCUT2D eigenvalue weighted by molar-refractivity contribution is 5.87. The van der Waals surface area contributed by atoms with E-state index < -0.39 is 12.1 Å². The molecule has 7 nitrogen and oxygen atoms in total. The van der Waals surface area contributed by atoms with Gasteiger partial charge in [-0.25, -0.2) is 9.59 Å². The van der Waals surface area contributed by atoms with Crippen molar-refractivity contribution < 1.29 is 19.4 Å². The summed E-state index contributed by atoms with van der Waals surface area (Å²) in [6, 6.07) is 2.34. The van der Waals surface area contributed by atoms with Crippen molar-refractivity contribution in [2.75, 3.05) is 6.61 Å². The molecule has 0 saturated carbocycles. The first-order valence-electron chi connectivity index (χ1n) is 4.36. The maximum atomic E-state index is 11.3. The van der Waals surface area contributed by atoms with Crippen LogP contribution in [-0.2, 0) is 11.3 Å². The summed E-state index contributed by atoms with van der Waals surface area (Å²) >= 11 is 0. The van der Waals surface area contributed by atoms with Gasteiger partial charge in [0.05, 0.1) is 12.1 Å². The average Bonchev–Trinajstić information content (AvgIpc) is 2.20.